The summed E-state index contributed by atoms with van der Waals surface area (Å²) in [5.74, 6) is 4.82. The van der Waals surface area contributed by atoms with Gasteiger partial charge in [-0.2, -0.15) is 13.2 Å². The number of halogens is 3. The number of nitrogens with two attached hydrogens (primary N) is 1. The van der Waals surface area contributed by atoms with Crippen LogP contribution in [-0.2, 0) is 0 Å². The zero-order valence-corrected chi connectivity index (χ0v) is 11.4. The van der Waals surface area contributed by atoms with E-state index < -0.39 is 18.6 Å². The highest BCUT2D eigenvalue weighted by atomic mass is 32.1. The van der Waals surface area contributed by atoms with Crippen LogP contribution in [0.25, 0.3) is 0 Å². The lowest BCUT2D eigenvalue weighted by Crippen LogP contribution is -2.40. The lowest BCUT2D eigenvalue weighted by molar-refractivity contribution is -0.141. The van der Waals surface area contributed by atoms with Crippen molar-refractivity contribution in [2.75, 3.05) is 13.1 Å². The molecule has 1 amide bonds. The molecule has 3 nitrogen and oxygen atoms in total. The normalized spacial score (nSPS) is 14.6. The molecule has 1 aliphatic carbocycles. The van der Waals surface area contributed by atoms with Gasteiger partial charge in [-0.3, -0.25) is 4.79 Å². The quantitative estimate of drug-likeness (QED) is 0.870. The van der Waals surface area contributed by atoms with E-state index in [-0.39, 0.29) is 18.2 Å². The fourth-order valence-corrected chi connectivity index (χ4v) is 2.51. The first-order chi connectivity index (χ1) is 9.40. The molecule has 2 rings (SSSR count). The van der Waals surface area contributed by atoms with Crippen LogP contribution in [0.1, 0.15) is 28.1 Å². The van der Waals surface area contributed by atoms with Gasteiger partial charge in [0.15, 0.2) is 0 Å². The van der Waals surface area contributed by atoms with Gasteiger partial charge in [-0.15, -0.1) is 11.3 Å². The van der Waals surface area contributed by atoms with Crippen molar-refractivity contribution < 1.29 is 18.0 Å². The third kappa shape index (κ3) is 3.99. The van der Waals surface area contributed by atoms with Crippen molar-refractivity contribution in [2.24, 2.45) is 5.73 Å². The largest absolute Gasteiger partial charge is 0.406 e. The molecule has 1 aromatic rings. The Morgan fingerprint density at radius 1 is 1.50 bits per heavy atom. The van der Waals surface area contributed by atoms with Crippen LogP contribution >= 0.6 is 11.3 Å². The molecule has 20 heavy (non-hydrogen) atoms. The Bertz CT molecular complexity index is 552. The van der Waals surface area contributed by atoms with Crippen molar-refractivity contribution in [1.29, 1.82) is 0 Å². The monoisotopic (exact) mass is 302 g/mol. The molecular weight excluding hydrogens is 289 g/mol. The standard InChI is InChI=1S/C13H13F3N2OS/c14-13(15,16)8-18(10-3-4-10)12(19)9-6-11(20-7-9)2-1-5-17/h6-7,10H,3-5,8,17H2. The number of hydrogen-bond donors (Lipinski definition) is 1. The van der Waals surface area contributed by atoms with Crippen LogP contribution in [0.5, 0.6) is 0 Å². The molecule has 0 spiro atoms. The van der Waals surface area contributed by atoms with E-state index in [0.717, 1.165) is 4.90 Å². The van der Waals surface area contributed by atoms with E-state index in [9.17, 15) is 18.0 Å². The highest BCUT2D eigenvalue weighted by molar-refractivity contribution is 7.10. The molecule has 1 fully saturated rings. The Morgan fingerprint density at radius 2 is 2.20 bits per heavy atom. The number of nitrogens with zero attached hydrogens (tertiary/aromatic N) is 1. The summed E-state index contributed by atoms with van der Waals surface area (Å²) in [5, 5.41) is 1.54. The van der Waals surface area contributed by atoms with Crippen LogP contribution in [-0.4, -0.2) is 36.1 Å². The van der Waals surface area contributed by atoms with E-state index in [1.54, 1.807) is 0 Å². The van der Waals surface area contributed by atoms with E-state index in [1.807, 2.05) is 0 Å². The topological polar surface area (TPSA) is 46.3 Å². The van der Waals surface area contributed by atoms with Gasteiger partial charge in [-0.1, -0.05) is 11.8 Å². The van der Waals surface area contributed by atoms with Crippen LogP contribution in [0.4, 0.5) is 13.2 Å². The Kier molecular flexibility index (Phi) is 4.35. The number of amides is 1. The van der Waals surface area contributed by atoms with Crippen molar-refractivity contribution in [3.63, 3.8) is 0 Å². The van der Waals surface area contributed by atoms with Crippen molar-refractivity contribution in [3.8, 4) is 11.8 Å². The molecule has 108 valence electrons. The molecule has 0 aromatic carbocycles. The number of alkyl halides is 3. The van der Waals surface area contributed by atoms with E-state index >= 15 is 0 Å². The smallest absolute Gasteiger partial charge is 0.327 e. The minimum Gasteiger partial charge on any atom is -0.327 e. The number of carbonyl (C=O) groups excluding carboxylic acids is 1. The Balaban J connectivity index is 2.13. The predicted octanol–water partition coefficient (Wildman–Crippen LogP) is 2.23. The van der Waals surface area contributed by atoms with Gasteiger partial charge in [0.05, 0.1) is 17.0 Å². The molecular formula is C13H13F3N2OS. The van der Waals surface area contributed by atoms with E-state index in [0.29, 0.717) is 17.7 Å². The maximum absolute atomic E-state index is 12.5. The molecule has 2 N–H and O–H groups in total. The molecule has 7 heteroatoms. The van der Waals surface area contributed by atoms with E-state index in [1.165, 1.54) is 22.8 Å². The zero-order valence-electron chi connectivity index (χ0n) is 10.5. The van der Waals surface area contributed by atoms with Crippen LogP contribution < -0.4 is 5.73 Å². The van der Waals surface area contributed by atoms with Crippen LogP contribution in [0.15, 0.2) is 11.4 Å². The van der Waals surface area contributed by atoms with E-state index in [4.69, 9.17) is 5.73 Å². The number of thiophene rings is 1. The summed E-state index contributed by atoms with van der Waals surface area (Å²) in [4.78, 5) is 13.7. The van der Waals surface area contributed by atoms with Gasteiger partial charge < -0.3 is 10.6 Å². The average molecular weight is 302 g/mol. The summed E-state index contributed by atoms with van der Waals surface area (Å²) >= 11 is 1.23. The number of rotatable bonds is 3. The molecule has 0 radical (unpaired) electrons. The summed E-state index contributed by atoms with van der Waals surface area (Å²) in [6.07, 6.45) is -3.12. The molecule has 1 aromatic heterocycles. The molecule has 0 unspecified atom stereocenters. The maximum atomic E-state index is 12.5. The van der Waals surface area contributed by atoms with Crippen LogP contribution in [0.2, 0.25) is 0 Å². The number of hydrogen-bond acceptors (Lipinski definition) is 3. The Hall–Kier alpha value is -1.52. The Labute approximate surface area is 118 Å². The lowest BCUT2D eigenvalue weighted by atomic mass is 10.2. The van der Waals surface area contributed by atoms with Crippen LogP contribution in [0.3, 0.4) is 0 Å². The van der Waals surface area contributed by atoms with Gasteiger partial charge >= 0.3 is 6.18 Å². The molecule has 1 saturated carbocycles. The number of carbonyl (C=O) groups is 1. The first-order valence-electron chi connectivity index (χ1n) is 6.06. The van der Waals surface area contributed by atoms with Crippen molar-refractivity contribution in [2.45, 2.75) is 25.1 Å². The molecule has 1 heterocycles. The Morgan fingerprint density at radius 3 is 2.75 bits per heavy atom. The molecule has 0 bridgehead atoms. The highest BCUT2D eigenvalue weighted by Gasteiger charge is 2.41. The summed E-state index contributed by atoms with van der Waals surface area (Å²) < 4.78 is 37.5. The summed E-state index contributed by atoms with van der Waals surface area (Å²) in [6.45, 7) is -1.00. The third-order valence-corrected chi connectivity index (χ3v) is 3.60. The average Bonchev–Trinajstić information content (AvgIpc) is 3.10. The molecule has 0 aliphatic heterocycles. The van der Waals surface area contributed by atoms with Gasteiger partial charge in [0.2, 0.25) is 0 Å². The minimum absolute atomic E-state index is 0.198. The fraction of sp³-hybridized carbons (Fsp3) is 0.462. The molecule has 1 aliphatic rings. The second-order valence-corrected chi connectivity index (χ2v) is 5.40. The van der Waals surface area contributed by atoms with Gasteiger partial charge in [0.1, 0.15) is 6.54 Å². The highest BCUT2D eigenvalue weighted by Crippen LogP contribution is 2.32. The first kappa shape index (κ1) is 14.9. The SMILES string of the molecule is NCC#Cc1cc(C(=O)N(CC(F)(F)F)C2CC2)cs1. The van der Waals surface area contributed by atoms with Crippen molar-refractivity contribution in [1.82, 2.24) is 4.90 Å². The van der Waals surface area contributed by atoms with Crippen molar-refractivity contribution >= 4 is 17.2 Å². The lowest BCUT2D eigenvalue weighted by Gasteiger charge is -2.23. The van der Waals surface area contributed by atoms with Gasteiger partial charge in [-0.05, 0) is 18.9 Å². The second-order valence-electron chi connectivity index (χ2n) is 4.48. The van der Waals surface area contributed by atoms with Gasteiger partial charge in [-0.25, -0.2) is 0 Å². The van der Waals surface area contributed by atoms with Crippen molar-refractivity contribution in [3.05, 3.63) is 21.9 Å². The first-order valence-corrected chi connectivity index (χ1v) is 6.94. The van der Waals surface area contributed by atoms with Gasteiger partial charge in [0.25, 0.3) is 5.91 Å². The predicted molar refractivity (Wildman–Crippen MR) is 70.4 cm³/mol. The maximum Gasteiger partial charge on any atom is 0.406 e. The molecule has 0 saturated heterocycles. The molecule has 0 atom stereocenters. The minimum atomic E-state index is -4.38. The zero-order chi connectivity index (χ0) is 14.8. The third-order valence-electron chi connectivity index (χ3n) is 2.76. The summed E-state index contributed by atoms with van der Waals surface area (Å²) in [6, 6.07) is 1.23. The summed E-state index contributed by atoms with van der Waals surface area (Å²) in [7, 11) is 0. The second kappa shape index (κ2) is 5.85. The fourth-order valence-electron chi connectivity index (χ4n) is 1.76. The van der Waals surface area contributed by atoms with E-state index in [2.05, 4.69) is 11.8 Å². The van der Waals surface area contributed by atoms with Crippen LogP contribution in [0, 0.1) is 11.8 Å². The summed E-state index contributed by atoms with van der Waals surface area (Å²) in [5.41, 5.74) is 5.50. The van der Waals surface area contributed by atoms with Gasteiger partial charge in [0, 0.05) is 11.4 Å².